The molecule has 0 spiro atoms. The molecule has 1 N–H and O–H groups in total. The maximum atomic E-state index is 5.13. The van der Waals surface area contributed by atoms with Crippen molar-refractivity contribution in [2.24, 2.45) is 11.8 Å². The molecule has 0 saturated heterocycles. The van der Waals surface area contributed by atoms with Gasteiger partial charge in [0.05, 0.1) is 11.4 Å². The summed E-state index contributed by atoms with van der Waals surface area (Å²) in [6.45, 7) is 15.4. The van der Waals surface area contributed by atoms with Crippen LogP contribution in [0.25, 0.3) is 22.4 Å². The average Bonchev–Trinajstić information content (AvgIpc) is 3.05. The van der Waals surface area contributed by atoms with Crippen LogP contribution in [0.1, 0.15) is 45.2 Å². The number of rotatable bonds is 7. The van der Waals surface area contributed by atoms with E-state index in [-0.39, 0.29) is 0 Å². The molecule has 3 rings (SSSR count). The van der Waals surface area contributed by atoms with Crippen molar-refractivity contribution in [3.63, 3.8) is 0 Å². The Morgan fingerprint density at radius 1 is 1.11 bits per heavy atom. The van der Waals surface area contributed by atoms with Gasteiger partial charge in [-0.15, -0.1) is 0 Å². The number of hydrogen-bond donors (Lipinski definition) is 1. The largest absolute Gasteiger partial charge is 0.356 e. The highest BCUT2D eigenvalue weighted by atomic mass is 15.2. The van der Waals surface area contributed by atoms with E-state index < -0.39 is 0 Å². The van der Waals surface area contributed by atoms with E-state index in [1.807, 2.05) is 12.1 Å². The summed E-state index contributed by atoms with van der Waals surface area (Å²) in [5, 5.41) is 8.52. The summed E-state index contributed by atoms with van der Waals surface area (Å²) >= 11 is 0. The van der Waals surface area contributed by atoms with E-state index in [0.29, 0.717) is 11.8 Å². The first-order valence-electron chi connectivity index (χ1n) is 9.93. The Bertz CT molecular complexity index is 912. The fraction of sp³-hybridized carbons (Fsp3) is 0.500. The first-order valence-corrected chi connectivity index (χ1v) is 9.93. The van der Waals surface area contributed by atoms with Gasteiger partial charge in [-0.1, -0.05) is 40.2 Å². The minimum Gasteiger partial charge on any atom is -0.356 e. The SMILES string of the molecule is CCC(C)CN(CC(C)C)c1nc(-c2[nH]nc3ncccc23)c(C)cc1C. The molecule has 0 aromatic carbocycles. The molecule has 27 heavy (non-hydrogen) atoms. The van der Waals surface area contributed by atoms with E-state index in [9.17, 15) is 0 Å². The van der Waals surface area contributed by atoms with E-state index in [0.717, 1.165) is 46.9 Å². The minimum atomic E-state index is 0.581. The molecule has 144 valence electrons. The van der Waals surface area contributed by atoms with E-state index in [4.69, 9.17) is 4.98 Å². The number of pyridine rings is 2. The van der Waals surface area contributed by atoms with Crippen LogP contribution in [0.2, 0.25) is 0 Å². The number of anilines is 1. The van der Waals surface area contributed by atoms with Gasteiger partial charge in [0, 0.05) is 24.7 Å². The molecule has 3 aromatic heterocycles. The zero-order valence-electron chi connectivity index (χ0n) is 17.4. The van der Waals surface area contributed by atoms with Gasteiger partial charge < -0.3 is 4.90 Å². The number of aromatic amines is 1. The second-order valence-corrected chi connectivity index (χ2v) is 8.08. The monoisotopic (exact) mass is 365 g/mol. The maximum absolute atomic E-state index is 5.13. The molecule has 0 saturated carbocycles. The lowest BCUT2D eigenvalue weighted by molar-refractivity contribution is 0.510. The van der Waals surface area contributed by atoms with Crippen LogP contribution in [-0.4, -0.2) is 33.3 Å². The van der Waals surface area contributed by atoms with Crippen LogP contribution in [-0.2, 0) is 0 Å². The quantitative estimate of drug-likeness (QED) is 0.629. The Morgan fingerprint density at radius 2 is 1.89 bits per heavy atom. The Balaban J connectivity index is 2.09. The third-order valence-corrected chi connectivity index (χ3v) is 5.06. The molecule has 0 amide bonds. The molecule has 0 aliphatic heterocycles. The van der Waals surface area contributed by atoms with Crippen molar-refractivity contribution in [1.82, 2.24) is 20.2 Å². The number of aromatic nitrogens is 4. The van der Waals surface area contributed by atoms with Crippen molar-refractivity contribution < 1.29 is 0 Å². The summed E-state index contributed by atoms with van der Waals surface area (Å²) in [4.78, 5) is 11.9. The minimum absolute atomic E-state index is 0.581. The summed E-state index contributed by atoms with van der Waals surface area (Å²) in [6, 6.07) is 6.23. The third kappa shape index (κ3) is 4.12. The van der Waals surface area contributed by atoms with Crippen LogP contribution in [0.3, 0.4) is 0 Å². The third-order valence-electron chi connectivity index (χ3n) is 5.06. The number of hydrogen-bond acceptors (Lipinski definition) is 4. The van der Waals surface area contributed by atoms with Crippen LogP contribution < -0.4 is 4.90 Å². The molecule has 0 aliphatic carbocycles. The number of nitrogens with one attached hydrogen (secondary N) is 1. The van der Waals surface area contributed by atoms with Gasteiger partial charge >= 0.3 is 0 Å². The second kappa shape index (κ2) is 8.07. The number of fused-ring (bicyclic) bond motifs is 1. The van der Waals surface area contributed by atoms with Gasteiger partial charge in [-0.25, -0.2) is 9.97 Å². The summed E-state index contributed by atoms with van der Waals surface area (Å²) in [5.41, 5.74) is 5.02. The van der Waals surface area contributed by atoms with Gasteiger partial charge in [-0.2, -0.15) is 5.10 Å². The zero-order valence-corrected chi connectivity index (χ0v) is 17.4. The predicted molar refractivity (Wildman–Crippen MR) is 113 cm³/mol. The highest BCUT2D eigenvalue weighted by Crippen LogP contribution is 2.31. The molecule has 1 atom stereocenters. The topological polar surface area (TPSA) is 57.7 Å². The van der Waals surface area contributed by atoms with Crippen molar-refractivity contribution in [2.45, 2.75) is 48.0 Å². The van der Waals surface area contributed by atoms with Gasteiger partial charge in [-0.05, 0) is 48.9 Å². The van der Waals surface area contributed by atoms with Crippen LogP contribution >= 0.6 is 0 Å². The van der Waals surface area contributed by atoms with Gasteiger partial charge in [-0.3, -0.25) is 5.10 Å². The highest BCUT2D eigenvalue weighted by molar-refractivity contribution is 5.90. The van der Waals surface area contributed by atoms with E-state index >= 15 is 0 Å². The van der Waals surface area contributed by atoms with Gasteiger partial charge in [0.2, 0.25) is 0 Å². The Kier molecular flexibility index (Phi) is 5.78. The predicted octanol–water partition coefficient (Wildman–Crippen LogP) is 5.15. The molecule has 5 heteroatoms. The lowest BCUT2D eigenvalue weighted by Crippen LogP contribution is -2.33. The molecule has 1 unspecified atom stereocenters. The molecule has 3 aromatic rings. The normalized spacial score (nSPS) is 12.7. The fourth-order valence-corrected chi connectivity index (χ4v) is 3.54. The van der Waals surface area contributed by atoms with Gasteiger partial charge in [0.25, 0.3) is 0 Å². The van der Waals surface area contributed by atoms with Crippen LogP contribution in [0.5, 0.6) is 0 Å². The van der Waals surface area contributed by atoms with E-state index in [2.05, 4.69) is 67.7 Å². The van der Waals surface area contributed by atoms with Crippen LogP contribution in [0.4, 0.5) is 5.82 Å². The molecule has 0 fully saturated rings. The lowest BCUT2D eigenvalue weighted by atomic mass is 10.0. The Hall–Kier alpha value is -2.43. The second-order valence-electron chi connectivity index (χ2n) is 8.08. The molecule has 3 heterocycles. The first-order chi connectivity index (χ1) is 12.9. The van der Waals surface area contributed by atoms with Gasteiger partial charge in [0.15, 0.2) is 5.65 Å². The summed E-state index contributed by atoms with van der Waals surface area (Å²) in [5.74, 6) is 2.29. The fourth-order valence-electron chi connectivity index (χ4n) is 3.54. The summed E-state index contributed by atoms with van der Waals surface area (Å²) in [7, 11) is 0. The molecular formula is C22H31N5. The first kappa shape index (κ1) is 19.3. The number of aryl methyl sites for hydroxylation is 2. The van der Waals surface area contributed by atoms with E-state index in [1.165, 1.54) is 12.0 Å². The maximum Gasteiger partial charge on any atom is 0.181 e. The summed E-state index contributed by atoms with van der Waals surface area (Å²) in [6.07, 6.45) is 2.94. The summed E-state index contributed by atoms with van der Waals surface area (Å²) < 4.78 is 0. The van der Waals surface area contributed by atoms with Crippen molar-refractivity contribution >= 4 is 16.9 Å². The standard InChI is InChI=1S/C22H31N5/c1-7-15(4)13-27(12-14(2)3)22-17(6)11-16(5)19(24-22)20-18-9-8-10-23-21(18)26-25-20/h8-11,14-15H,7,12-13H2,1-6H3,(H,23,25,26). The average molecular weight is 366 g/mol. The molecule has 0 bridgehead atoms. The zero-order chi connectivity index (χ0) is 19.6. The molecule has 5 nitrogen and oxygen atoms in total. The van der Waals surface area contributed by atoms with Crippen LogP contribution in [0.15, 0.2) is 24.4 Å². The molecule has 0 aliphatic rings. The number of nitrogens with zero attached hydrogens (tertiary/aromatic N) is 4. The highest BCUT2D eigenvalue weighted by Gasteiger charge is 2.19. The van der Waals surface area contributed by atoms with Crippen molar-refractivity contribution in [3.8, 4) is 11.4 Å². The lowest BCUT2D eigenvalue weighted by Gasteiger charge is -2.30. The van der Waals surface area contributed by atoms with Gasteiger partial charge in [0.1, 0.15) is 5.82 Å². The van der Waals surface area contributed by atoms with Crippen LogP contribution in [0, 0.1) is 25.7 Å². The number of H-pyrrole nitrogens is 1. The Labute approximate surface area is 162 Å². The van der Waals surface area contributed by atoms with Crippen molar-refractivity contribution in [1.29, 1.82) is 0 Å². The smallest absolute Gasteiger partial charge is 0.181 e. The molecular weight excluding hydrogens is 334 g/mol. The van der Waals surface area contributed by atoms with E-state index in [1.54, 1.807) is 6.20 Å². The molecule has 0 radical (unpaired) electrons. The van der Waals surface area contributed by atoms with Crippen molar-refractivity contribution in [3.05, 3.63) is 35.5 Å². The van der Waals surface area contributed by atoms with Crippen molar-refractivity contribution in [2.75, 3.05) is 18.0 Å². The Morgan fingerprint density at radius 3 is 2.59 bits per heavy atom.